The molecular weight excluding hydrogens is 192 g/mol. The molecule has 4 heteroatoms. The van der Waals surface area contributed by atoms with Gasteiger partial charge in [-0.25, -0.2) is 0 Å². The molecule has 88 valence electrons. The van der Waals surface area contributed by atoms with Crippen LogP contribution in [0.25, 0.3) is 0 Å². The molecule has 0 bridgehead atoms. The molecule has 1 saturated heterocycles. The summed E-state index contributed by atoms with van der Waals surface area (Å²) < 4.78 is 5.64. The Morgan fingerprint density at radius 2 is 1.80 bits per heavy atom. The zero-order chi connectivity index (χ0) is 11.6. The molecule has 0 aromatic carbocycles. The van der Waals surface area contributed by atoms with Crippen molar-refractivity contribution in [1.82, 2.24) is 9.80 Å². The molecular formula is C11H22N2O2. The molecule has 1 heterocycles. The first-order valence-corrected chi connectivity index (χ1v) is 5.52. The summed E-state index contributed by atoms with van der Waals surface area (Å²) in [5, 5.41) is 0. The Hall–Kier alpha value is -0.610. The summed E-state index contributed by atoms with van der Waals surface area (Å²) in [6, 6.07) is -0.0474. The Balaban J connectivity index is 2.59. The molecule has 1 fully saturated rings. The van der Waals surface area contributed by atoms with Gasteiger partial charge in [0.25, 0.3) is 0 Å². The molecule has 1 rings (SSSR count). The molecule has 15 heavy (non-hydrogen) atoms. The Kier molecular flexibility index (Phi) is 4.11. The fourth-order valence-electron chi connectivity index (χ4n) is 2.06. The average Bonchev–Trinajstić information content (AvgIpc) is 2.13. The number of carbonyl (C=O) groups is 1. The van der Waals surface area contributed by atoms with Crippen molar-refractivity contribution in [3.63, 3.8) is 0 Å². The van der Waals surface area contributed by atoms with Gasteiger partial charge in [0.15, 0.2) is 0 Å². The van der Waals surface area contributed by atoms with Crippen molar-refractivity contribution in [1.29, 1.82) is 0 Å². The van der Waals surface area contributed by atoms with E-state index in [9.17, 15) is 4.79 Å². The second kappa shape index (κ2) is 4.94. The van der Waals surface area contributed by atoms with Gasteiger partial charge in [-0.1, -0.05) is 0 Å². The minimum Gasteiger partial charge on any atom is -0.373 e. The highest BCUT2D eigenvalue weighted by Crippen LogP contribution is 2.14. The molecule has 0 spiro atoms. The van der Waals surface area contributed by atoms with Gasteiger partial charge in [-0.2, -0.15) is 0 Å². The first kappa shape index (κ1) is 12.5. The SMILES string of the molecule is CC1CN(C(C)C(=O)N(C)C)CC(C)O1. The number of carbonyl (C=O) groups excluding carboxylic acids is 1. The molecule has 0 aliphatic carbocycles. The standard InChI is InChI=1S/C11H22N2O2/c1-8-6-13(7-9(2)15-8)10(3)11(14)12(4)5/h8-10H,6-7H2,1-5H3. The zero-order valence-corrected chi connectivity index (χ0v) is 10.4. The average molecular weight is 214 g/mol. The van der Waals surface area contributed by atoms with Crippen LogP contribution in [0.3, 0.4) is 0 Å². The van der Waals surface area contributed by atoms with E-state index in [1.165, 1.54) is 0 Å². The molecule has 0 radical (unpaired) electrons. The number of ether oxygens (including phenoxy) is 1. The number of hydrogen-bond acceptors (Lipinski definition) is 3. The highest BCUT2D eigenvalue weighted by molar-refractivity contribution is 5.80. The van der Waals surface area contributed by atoms with E-state index < -0.39 is 0 Å². The molecule has 0 aromatic heterocycles. The summed E-state index contributed by atoms with van der Waals surface area (Å²) in [6.45, 7) is 7.74. The summed E-state index contributed by atoms with van der Waals surface area (Å²) >= 11 is 0. The first-order valence-electron chi connectivity index (χ1n) is 5.52. The monoisotopic (exact) mass is 214 g/mol. The highest BCUT2D eigenvalue weighted by atomic mass is 16.5. The van der Waals surface area contributed by atoms with Gasteiger partial charge in [0.1, 0.15) is 0 Å². The molecule has 0 saturated carbocycles. The van der Waals surface area contributed by atoms with Crippen LogP contribution >= 0.6 is 0 Å². The Labute approximate surface area is 92.2 Å². The third-order valence-electron chi connectivity index (χ3n) is 2.79. The fraction of sp³-hybridized carbons (Fsp3) is 0.909. The van der Waals surface area contributed by atoms with E-state index in [2.05, 4.69) is 18.7 Å². The minimum atomic E-state index is -0.0474. The summed E-state index contributed by atoms with van der Waals surface area (Å²) in [6.07, 6.45) is 0.428. The number of nitrogens with zero attached hydrogens (tertiary/aromatic N) is 2. The highest BCUT2D eigenvalue weighted by Gasteiger charge is 2.29. The first-order chi connectivity index (χ1) is 6.91. The molecule has 1 aliphatic heterocycles. The quantitative estimate of drug-likeness (QED) is 0.674. The summed E-state index contributed by atoms with van der Waals surface area (Å²) in [7, 11) is 3.60. The topological polar surface area (TPSA) is 32.8 Å². The maximum Gasteiger partial charge on any atom is 0.239 e. The van der Waals surface area contributed by atoms with Gasteiger partial charge in [-0.05, 0) is 20.8 Å². The Morgan fingerprint density at radius 3 is 2.20 bits per heavy atom. The predicted octanol–water partition coefficient (Wildman–Crippen LogP) is 0.572. The lowest BCUT2D eigenvalue weighted by atomic mass is 10.1. The van der Waals surface area contributed by atoms with Gasteiger partial charge in [0.05, 0.1) is 18.2 Å². The Morgan fingerprint density at radius 1 is 1.33 bits per heavy atom. The fourth-order valence-corrected chi connectivity index (χ4v) is 2.06. The van der Waals surface area contributed by atoms with Gasteiger partial charge in [-0.15, -0.1) is 0 Å². The maximum atomic E-state index is 11.8. The molecule has 1 aliphatic rings. The van der Waals surface area contributed by atoms with Crippen LogP contribution < -0.4 is 0 Å². The van der Waals surface area contributed by atoms with Crippen molar-refractivity contribution in [3.05, 3.63) is 0 Å². The number of likely N-dealkylation sites (N-methyl/N-ethyl adjacent to an activating group) is 1. The zero-order valence-electron chi connectivity index (χ0n) is 10.4. The van der Waals surface area contributed by atoms with Crippen LogP contribution in [0.4, 0.5) is 0 Å². The molecule has 1 amide bonds. The van der Waals surface area contributed by atoms with Crippen LogP contribution in [-0.4, -0.2) is 61.1 Å². The molecule has 3 atom stereocenters. The van der Waals surface area contributed by atoms with Gasteiger partial charge < -0.3 is 9.64 Å². The third-order valence-corrected chi connectivity index (χ3v) is 2.79. The van der Waals surface area contributed by atoms with E-state index >= 15 is 0 Å². The van der Waals surface area contributed by atoms with Crippen molar-refractivity contribution >= 4 is 5.91 Å². The maximum absolute atomic E-state index is 11.8. The smallest absolute Gasteiger partial charge is 0.239 e. The number of rotatable bonds is 2. The lowest BCUT2D eigenvalue weighted by molar-refractivity contribution is -0.139. The second-order valence-corrected chi connectivity index (χ2v) is 4.62. The van der Waals surface area contributed by atoms with Crippen LogP contribution in [0.5, 0.6) is 0 Å². The molecule has 3 unspecified atom stereocenters. The van der Waals surface area contributed by atoms with Crippen LogP contribution in [0.15, 0.2) is 0 Å². The van der Waals surface area contributed by atoms with Gasteiger partial charge in [0.2, 0.25) is 5.91 Å². The van der Waals surface area contributed by atoms with E-state index in [0.29, 0.717) is 0 Å². The van der Waals surface area contributed by atoms with Gasteiger partial charge in [-0.3, -0.25) is 9.69 Å². The number of morpholine rings is 1. The van der Waals surface area contributed by atoms with Crippen LogP contribution in [-0.2, 0) is 9.53 Å². The molecule has 0 aromatic rings. The van der Waals surface area contributed by atoms with Gasteiger partial charge >= 0.3 is 0 Å². The van der Waals surface area contributed by atoms with Crippen molar-refractivity contribution in [2.75, 3.05) is 27.2 Å². The lowest BCUT2D eigenvalue weighted by Crippen LogP contribution is -2.53. The van der Waals surface area contributed by atoms with Gasteiger partial charge in [0, 0.05) is 27.2 Å². The van der Waals surface area contributed by atoms with E-state index in [1.807, 2.05) is 6.92 Å². The normalized spacial score (nSPS) is 29.9. The Bertz CT molecular complexity index is 221. The molecule has 0 N–H and O–H groups in total. The van der Waals surface area contributed by atoms with E-state index in [-0.39, 0.29) is 24.2 Å². The van der Waals surface area contributed by atoms with Crippen LogP contribution in [0, 0.1) is 0 Å². The lowest BCUT2D eigenvalue weighted by Gasteiger charge is -2.38. The van der Waals surface area contributed by atoms with Crippen molar-refractivity contribution in [2.45, 2.75) is 39.0 Å². The minimum absolute atomic E-state index is 0.0474. The second-order valence-electron chi connectivity index (χ2n) is 4.62. The largest absolute Gasteiger partial charge is 0.373 e. The number of amides is 1. The number of hydrogen-bond donors (Lipinski definition) is 0. The predicted molar refractivity (Wildman–Crippen MR) is 59.7 cm³/mol. The summed E-state index contributed by atoms with van der Waals surface area (Å²) in [5.74, 6) is 0.163. The summed E-state index contributed by atoms with van der Waals surface area (Å²) in [4.78, 5) is 15.6. The van der Waals surface area contributed by atoms with E-state index in [1.54, 1.807) is 19.0 Å². The van der Waals surface area contributed by atoms with Crippen molar-refractivity contribution in [3.8, 4) is 0 Å². The van der Waals surface area contributed by atoms with E-state index in [4.69, 9.17) is 4.74 Å². The third kappa shape index (κ3) is 3.18. The van der Waals surface area contributed by atoms with E-state index in [0.717, 1.165) is 13.1 Å². The van der Waals surface area contributed by atoms with Crippen molar-refractivity contribution in [2.24, 2.45) is 0 Å². The summed E-state index contributed by atoms with van der Waals surface area (Å²) in [5.41, 5.74) is 0. The van der Waals surface area contributed by atoms with Crippen LogP contribution in [0.1, 0.15) is 20.8 Å². The van der Waals surface area contributed by atoms with Crippen LogP contribution in [0.2, 0.25) is 0 Å². The molecule has 4 nitrogen and oxygen atoms in total. The van der Waals surface area contributed by atoms with Crippen molar-refractivity contribution < 1.29 is 9.53 Å².